The Morgan fingerprint density at radius 1 is 1.21 bits per heavy atom. The first kappa shape index (κ1) is 11.5. The van der Waals surface area contributed by atoms with Gasteiger partial charge in [-0.1, -0.05) is 18.2 Å². The molecule has 0 bridgehead atoms. The maximum Gasteiger partial charge on any atom is 0.253 e. The molecule has 94 valence electrons. The van der Waals surface area contributed by atoms with Crippen molar-refractivity contribution >= 4 is 16.8 Å². The summed E-state index contributed by atoms with van der Waals surface area (Å²) in [6, 6.07) is 11.4. The number of amides is 1. The first-order chi connectivity index (χ1) is 9.34. The quantitative estimate of drug-likeness (QED) is 0.751. The summed E-state index contributed by atoms with van der Waals surface area (Å²) in [5, 5.41) is 3.93. The van der Waals surface area contributed by atoms with Gasteiger partial charge in [-0.3, -0.25) is 9.78 Å². The van der Waals surface area contributed by atoms with E-state index in [1.165, 1.54) is 0 Å². The lowest BCUT2D eigenvalue weighted by Crippen LogP contribution is -2.23. The van der Waals surface area contributed by atoms with E-state index >= 15 is 0 Å². The lowest BCUT2D eigenvalue weighted by molar-refractivity contribution is 0.0952. The molecule has 2 aromatic heterocycles. The number of nitrogens with zero attached hydrogens (tertiary/aromatic N) is 1. The monoisotopic (exact) mass is 251 g/mol. The predicted molar refractivity (Wildman–Crippen MR) is 73.7 cm³/mol. The number of carbonyl (C=O) groups excluding carboxylic acids is 1. The van der Waals surface area contributed by atoms with Gasteiger partial charge in [-0.2, -0.15) is 0 Å². The van der Waals surface area contributed by atoms with Gasteiger partial charge in [0.15, 0.2) is 0 Å². The molecule has 4 nitrogen and oxygen atoms in total. The molecule has 0 saturated carbocycles. The van der Waals surface area contributed by atoms with Crippen LogP contribution in [0.5, 0.6) is 0 Å². The van der Waals surface area contributed by atoms with Gasteiger partial charge >= 0.3 is 0 Å². The molecule has 0 atom stereocenters. The average molecular weight is 251 g/mol. The Bertz CT molecular complexity index is 703. The molecule has 0 aliphatic carbocycles. The lowest BCUT2D eigenvalue weighted by atomic mass is 10.1. The second-order valence-electron chi connectivity index (χ2n) is 4.29. The van der Waals surface area contributed by atoms with E-state index in [4.69, 9.17) is 0 Å². The third kappa shape index (κ3) is 2.33. The molecule has 1 aromatic carbocycles. The number of hydrogen-bond donors (Lipinski definition) is 2. The molecule has 1 amide bonds. The van der Waals surface area contributed by atoms with Crippen LogP contribution in [-0.4, -0.2) is 15.9 Å². The van der Waals surface area contributed by atoms with Crippen LogP contribution in [0.25, 0.3) is 10.9 Å². The Labute approximate surface area is 110 Å². The third-order valence-corrected chi connectivity index (χ3v) is 3.01. The van der Waals surface area contributed by atoms with Crippen LogP contribution in [-0.2, 0) is 6.54 Å². The van der Waals surface area contributed by atoms with Gasteiger partial charge in [0.05, 0.1) is 11.1 Å². The number of para-hydroxylation sites is 1. The topological polar surface area (TPSA) is 57.8 Å². The number of hydrogen-bond acceptors (Lipinski definition) is 2. The number of aromatic amines is 1. The Morgan fingerprint density at radius 2 is 2.16 bits per heavy atom. The van der Waals surface area contributed by atoms with Crippen LogP contribution < -0.4 is 5.32 Å². The SMILES string of the molecule is O=C(NCc1cccnc1)c1cccc2cc[nH]c12. The third-order valence-electron chi connectivity index (χ3n) is 3.01. The van der Waals surface area contributed by atoms with Crippen LogP contribution in [0.1, 0.15) is 15.9 Å². The molecule has 19 heavy (non-hydrogen) atoms. The molecule has 2 N–H and O–H groups in total. The van der Waals surface area contributed by atoms with Gasteiger partial charge in [0.1, 0.15) is 0 Å². The van der Waals surface area contributed by atoms with E-state index < -0.39 is 0 Å². The van der Waals surface area contributed by atoms with Crippen molar-refractivity contribution in [2.24, 2.45) is 0 Å². The summed E-state index contributed by atoms with van der Waals surface area (Å²) in [6.07, 6.45) is 5.29. The molecule has 0 saturated heterocycles. The van der Waals surface area contributed by atoms with Gasteiger partial charge in [0.25, 0.3) is 5.91 Å². The van der Waals surface area contributed by atoms with Crippen molar-refractivity contribution in [2.45, 2.75) is 6.54 Å². The fourth-order valence-corrected chi connectivity index (χ4v) is 2.05. The van der Waals surface area contributed by atoms with E-state index in [9.17, 15) is 4.79 Å². The molecule has 2 heterocycles. The van der Waals surface area contributed by atoms with Crippen LogP contribution in [0.2, 0.25) is 0 Å². The number of pyridine rings is 1. The Morgan fingerprint density at radius 3 is 3.00 bits per heavy atom. The first-order valence-corrected chi connectivity index (χ1v) is 6.08. The summed E-state index contributed by atoms with van der Waals surface area (Å²) in [6.45, 7) is 0.476. The van der Waals surface area contributed by atoms with Gasteiger partial charge in [0.2, 0.25) is 0 Å². The van der Waals surface area contributed by atoms with E-state index in [-0.39, 0.29) is 5.91 Å². The minimum Gasteiger partial charge on any atom is -0.361 e. The minimum absolute atomic E-state index is 0.0862. The zero-order valence-electron chi connectivity index (χ0n) is 10.3. The van der Waals surface area contributed by atoms with E-state index in [0.717, 1.165) is 16.5 Å². The van der Waals surface area contributed by atoms with E-state index in [2.05, 4.69) is 15.3 Å². The summed E-state index contributed by atoms with van der Waals surface area (Å²) in [4.78, 5) is 19.3. The second kappa shape index (κ2) is 4.94. The Hall–Kier alpha value is -2.62. The molecule has 0 aliphatic heterocycles. The van der Waals surface area contributed by atoms with Crippen LogP contribution in [0.3, 0.4) is 0 Å². The zero-order chi connectivity index (χ0) is 13.1. The van der Waals surface area contributed by atoms with Crippen molar-refractivity contribution in [1.82, 2.24) is 15.3 Å². The van der Waals surface area contributed by atoms with Crippen molar-refractivity contribution < 1.29 is 4.79 Å². The fraction of sp³-hybridized carbons (Fsp3) is 0.0667. The van der Waals surface area contributed by atoms with E-state index in [1.54, 1.807) is 12.4 Å². The van der Waals surface area contributed by atoms with E-state index in [0.29, 0.717) is 12.1 Å². The molecule has 0 radical (unpaired) electrons. The highest BCUT2D eigenvalue weighted by molar-refractivity contribution is 6.05. The van der Waals surface area contributed by atoms with Crippen LogP contribution in [0.15, 0.2) is 55.0 Å². The first-order valence-electron chi connectivity index (χ1n) is 6.08. The zero-order valence-corrected chi connectivity index (χ0v) is 10.3. The summed E-state index contributed by atoms with van der Waals surface area (Å²) in [7, 11) is 0. The maximum absolute atomic E-state index is 12.2. The molecule has 0 fully saturated rings. The Balaban J connectivity index is 1.79. The second-order valence-corrected chi connectivity index (χ2v) is 4.29. The number of fused-ring (bicyclic) bond motifs is 1. The van der Waals surface area contributed by atoms with E-state index in [1.807, 2.05) is 42.6 Å². The molecule has 0 spiro atoms. The highest BCUT2D eigenvalue weighted by Crippen LogP contribution is 2.16. The molecular formula is C15H13N3O. The molecule has 0 unspecified atom stereocenters. The molecule has 4 heteroatoms. The van der Waals surface area contributed by atoms with Crippen molar-refractivity contribution in [3.63, 3.8) is 0 Å². The summed E-state index contributed by atoms with van der Waals surface area (Å²) < 4.78 is 0. The highest BCUT2D eigenvalue weighted by atomic mass is 16.1. The minimum atomic E-state index is -0.0862. The normalized spacial score (nSPS) is 10.5. The predicted octanol–water partition coefficient (Wildman–Crippen LogP) is 2.49. The smallest absolute Gasteiger partial charge is 0.253 e. The van der Waals surface area contributed by atoms with Gasteiger partial charge in [0, 0.05) is 30.5 Å². The maximum atomic E-state index is 12.2. The van der Waals surface area contributed by atoms with Crippen molar-refractivity contribution in [3.8, 4) is 0 Å². The fourth-order valence-electron chi connectivity index (χ4n) is 2.05. The number of H-pyrrole nitrogens is 1. The standard InChI is InChI=1S/C15H13N3O/c19-15(18-10-11-3-2-7-16-9-11)13-5-1-4-12-6-8-17-14(12)13/h1-9,17H,10H2,(H,18,19). The summed E-state index contributed by atoms with van der Waals surface area (Å²) in [5.74, 6) is -0.0862. The van der Waals surface area contributed by atoms with Gasteiger partial charge in [-0.15, -0.1) is 0 Å². The van der Waals surface area contributed by atoms with Crippen molar-refractivity contribution in [3.05, 3.63) is 66.1 Å². The van der Waals surface area contributed by atoms with Gasteiger partial charge in [-0.25, -0.2) is 0 Å². The van der Waals surface area contributed by atoms with Crippen molar-refractivity contribution in [2.75, 3.05) is 0 Å². The molecule has 3 aromatic rings. The molecule has 0 aliphatic rings. The largest absolute Gasteiger partial charge is 0.361 e. The highest BCUT2D eigenvalue weighted by Gasteiger charge is 2.09. The molecule has 3 rings (SSSR count). The number of rotatable bonds is 3. The number of nitrogens with one attached hydrogen (secondary N) is 2. The summed E-state index contributed by atoms with van der Waals surface area (Å²) >= 11 is 0. The Kier molecular flexibility index (Phi) is 2.98. The summed E-state index contributed by atoms with van der Waals surface area (Å²) in [5.41, 5.74) is 2.51. The number of aromatic nitrogens is 2. The number of benzene rings is 1. The van der Waals surface area contributed by atoms with Gasteiger partial charge in [-0.05, 0) is 23.8 Å². The number of carbonyl (C=O) groups is 1. The molecular weight excluding hydrogens is 238 g/mol. The van der Waals surface area contributed by atoms with Gasteiger partial charge < -0.3 is 10.3 Å². The van der Waals surface area contributed by atoms with Crippen molar-refractivity contribution in [1.29, 1.82) is 0 Å². The van der Waals surface area contributed by atoms with Crippen LogP contribution in [0.4, 0.5) is 0 Å². The average Bonchev–Trinajstić information content (AvgIpc) is 2.94. The lowest BCUT2D eigenvalue weighted by Gasteiger charge is -2.06. The van der Waals surface area contributed by atoms with Crippen LogP contribution in [0, 0.1) is 0 Å². The van der Waals surface area contributed by atoms with Crippen LogP contribution >= 0.6 is 0 Å².